The number of hydrogen-bond acceptors (Lipinski definition) is 1. The summed E-state index contributed by atoms with van der Waals surface area (Å²) in [4.78, 5) is 0. The van der Waals surface area contributed by atoms with E-state index in [2.05, 4.69) is 24.1 Å². The van der Waals surface area contributed by atoms with E-state index >= 15 is 0 Å². The lowest BCUT2D eigenvalue weighted by atomic mass is 10.5. The quantitative estimate of drug-likeness (QED) is 0.443. The Hall–Kier alpha value is -0.900. The highest BCUT2D eigenvalue weighted by Gasteiger charge is 1.69. The first kappa shape index (κ1) is 8.10. The van der Waals surface area contributed by atoms with Gasteiger partial charge in [-0.2, -0.15) is 0 Å². The number of nitrogens with one attached hydrogen (secondary N) is 1. The van der Waals surface area contributed by atoms with Gasteiger partial charge < -0.3 is 5.32 Å². The Labute approximate surface area is 57.2 Å². The molecule has 0 saturated carbocycles. The molecule has 1 heteroatoms. The van der Waals surface area contributed by atoms with E-state index in [1.54, 1.807) is 0 Å². The molecular formula is C8H13N. The average molecular weight is 123 g/mol. The second-order valence-electron chi connectivity index (χ2n) is 1.68. The van der Waals surface area contributed by atoms with Gasteiger partial charge in [0.25, 0.3) is 0 Å². The number of allylic oxidation sites excluding steroid dienone is 1. The predicted octanol–water partition coefficient (Wildman–Crippen LogP) is 1.52. The second-order valence-corrected chi connectivity index (χ2v) is 1.68. The van der Waals surface area contributed by atoms with Crippen LogP contribution in [0.2, 0.25) is 0 Å². The van der Waals surface area contributed by atoms with Gasteiger partial charge in [0, 0.05) is 18.8 Å². The molecular weight excluding hydrogens is 110 g/mol. The van der Waals surface area contributed by atoms with Gasteiger partial charge in [0.05, 0.1) is 0 Å². The van der Waals surface area contributed by atoms with Crippen LogP contribution in [0, 0.1) is 11.8 Å². The van der Waals surface area contributed by atoms with E-state index in [0.29, 0.717) is 0 Å². The van der Waals surface area contributed by atoms with Crippen LogP contribution >= 0.6 is 0 Å². The summed E-state index contributed by atoms with van der Waals surface area (Å²) in [6, 6.07) is 0. The van der Waals surface area contributed by atoms with Crippen LogP contribution in [0.1, 0.15) is 20.3 Å². The Morgan fingerprint density at radius 2 is 2.33 bits per heavy atom. The fourth-order valence-corrected chi connectivity index (χ4v) is 0.412. The van der Waals surface area contributed by atoms with Gasteiger partial charge in [-0.25, -0.2) is 0 Å². The first-order valence-corrected chi connectivity index (χ1v) is 3.22. The summed E-state index contributed by atoms with van der Waals surface area (Å²) in [6.07, 6.45) is 4.85. The normalized spacial score (nSPS) is 8.67. The van der Waals surface area contributed by atoms with Crippen molar-refractivity contribution in [2.75, 3.05) is 6.54 Å². The maximum atomic E-state index is 3.09. The minimum Gasteiger partial charge on any atom is -0.390 e. The van der Waals surface area contributed by atoms with E-state index in [9.17, 15) is 0 Å². The third-order valence-electron chi connectivity index (χ3n) is 0.823. The molecule has 0 aromatic heterocycles. The molecule has 0 unspecified atom stereocenters. The Kier molecular flexibility index (Phi) is 6.39. The fourth-order valence-electron chi connectivity index (χ4n) is 0.412. The van der Waals surface area contributed by atoms with Crippen molar-refractivity contribution < 1.29 is 0 Å². The van der Waals surface area contributed by atoms with E-state index in [-0.39, 0.29) is 0 Å². The molecule has 1 N–H and O–H groups in total. The van der Waals surface area contributed by atoms with Crippen LogP contribution in [0.15, 0.2) is 12.3 Å². The molecule has 0 heterocycles. The van der Waals surface area contributed by atoms with Gasteiger partial charge in [0.15, 0.2) is 0 Å². The van der Waals surface area contributed by atoms with Crippen molar-refractivity contribution in [1.29, 1.82) is 0 Å². The first-order chi connectivity index (χ1) is 4.41. The van der Waals surface area contributed by atoms with Gasteiger partial charge in [0.2, 0.25) is 0 Å². The smallest absolute Gasteiger partial charge is 0.0139 e. The summed E-state index contributed by atoms with van der Waals surface area (Å²) in [5, 5.41) is 3.09. The molecule has 0 aliphatic rings. The Balaban J connectivity index is 3.11. The highest BCUT2D eigenvalue weighted by molar-refractivity contribution is 5.12. The summed E-state index contributed by atoms with van der Waals surface area (Å²) in [5.41, 5.74) is 0. The monoisotopic (exact) mass is 123 g/mol. The van der Waals surface area contributed by atoms with E-state index in [1.165, 1.54) is 0 Å². The topological polar surface area (TPSA) is 12.0 Å². The fraction of sp³-hybridized carbons (Fsp3) is 0.500. The van der Waals surface area contributed by atoms with Crippen molar-refractivity contribution in [1.82, 2.24) is 5.32 Å². The molecule has 0 amide bonds. The zero-order valence-electron chi connectivity index (χ0n) is 6.07. The van der Waals surface area contributed by atoms with Crippen molar-refractivity contribution >= 4 is 0 Å². The zero-order valence-corrected chi connectivity index (χ0v) is 6.07. The third kappa shape index (κ3) is 7.10. The number of rotatable bonds is 3. The van der Waals surface area contributed by atoms with Crippen LogP contribution in [-0.4, -0.2) is 6.54 Å². The summed E-state index contributed by atoms with van der Waals surface area (Å²) < 4.78 is 0. The maximum Gasteiger partial charge on any atom is 0.0139 e. The van der Waals surface area contributed by atoms with Crippen molar-refractivity contribution in [2.45, 2.75) is 20.3 Å². The lowest BCUT2D eigenvalue weighted by molar-refractivity contribution is 0.810. The van der Waals surface area contributed by atoms with Crippen LogP contribution in [0.4, 0.5) is 0 Å². The summed E-state index contributed by atoms with van der Waals surface area (Å²) in [5.74, 6) is 5.58. The summed E-state index contributed by atoms with van der Waals surface area (Å²) in [7, 11) is 0. The maximum absolute atomic E-state index is 3.09. The van der Waals surface area contributed by atoms with Gasteiger partial charge in [-0.05, 0) is 13.3 Å². The lowest BCUT2D eigenvalue weighted by Crippen LogP contribution is -2.04. The molecule has 0 aromatic carbocycles. The largest absolute Gasteiger partial charge is 0.390 e. The molecule has 0 fully saturated rings. The Morgan fingerprint density at radius 1 is 1.56 bits per heavy atom. The van der Waals surface area contributed by atoms with Crippen LogP contribution < -0.4 is 5.32 Å². The first-order valence-electron chi connectivity index (χ1n) is 3.22. The van der Waals surface area contributed by atoms with Crippen LogP contribution in [-0.2, 0) is 0 Å². The second kappa shape index (κ2) is 7.10. The lowest BCUT2D eigenvalue weighted by Gasteiger charge is -1.91. The molecule has 50 valence electrons. The molecule has 9 heavy (non-hydrogen) atoms. The molecule has 1 nitrogen and oxygen atoms in total. The average Bonchev–Trinajstić information content (AvgIpc) is 1.89. The minimum absolute atomic E-state index is 1.03. The zero-order chi connectivity index (χ0) is 6.95. The molecule has 0 bridgehead atoms. The number of hydrogen-bond donors (Lipinski definition) is 1. The molecule has 0 atom stereocenters. The molecule has 0 aliphatic carbocycles. The Bertz CT molecular complexity index is 125. The SMILES string of the molecule is CC#C/C=C/NCCC. The highest BCUT2D eigenvalue weighted by Crippen LogP contribution is 1.69. The van der Waals surface area contributed by atoms with Crippen molar-refractivity contribution in [3.63, 3.8) is 0 Å². The predicted molar refractivity (Wildman–Crippen MR) is 40.9 cm³/mol. The van der Waals surface area contributed by atoms with E-state index < -0.39 is 0 Å². The molecule has 0 aliphatic heterocycles. The summed E-state index contributed by atoms with van der Waals surface area (Å²) in [6.45, 7) is 4.98. The summed E-state index contributed by atoms with van der Waals surface area (Å²) >= 11 is 0. The van der Waals surface area contributed by atoms with E-state index in [4.69, 9.17) is 0 Å². The van der Waals surface area contributed by atoms with Crippen molar-refractivity contribution in [2.24, 2.45) is 0 Å². The minimum atomic E-state index is 1.03. The van der Waals surface area contributed by atoms with Crippen LogP contribution in [0.25, 0.3) is 0 Å². The van der Waals surface area contributed by atoms with Gasteiger partial charge in [-0.3, -0.25) is 0 Å². The molecule has 0 aromatic rings. The molecule has 0 rings (SSSR count). The molecule has 0 spiro atoms. The van der Waals surface area contributed by atoms with Crippen LogP contribution in [0.3, 0.4) is 0 Å². The van der Waals surface area contributed by atoms with Gasteiger partial charge in [-0.15, -0.1) is 5.92 Å². The van der Waals surface area contributed by atoms with Crippen molar-refractivity contribution in [3.05, 3.63) is 12.3 Å². The van der Waals surface area contributed by atoms with Gasteiger partial charge >= 0.3 is 0 Å². The standard InChI is InChI=1S/C8H13N/c1-3-5-6-8-9-7-4-2/h6,8-9H,4,7H2,1-2H3/b8-6+. The van der Waals surface area contributed by atoms with Crippen molar-refractivity contribution in [3.8, 4) is 11.8 Å². The highest BCUT2D eigenvalue weighted by atomic mass is 14.8. The van der Waals surface area contributed by atoms with Gasteiger partial charge in [0.1, 0.15) is 0 Å². The molecule has 0 saturated heterocycles. The van der Waals surface area contributed by atoms with Gasteiger partial charge in [-0.1, -0.05) is 12.8 Å². The van der Waals surface area contributed by atoms with E-state index in [0.717, 1.165) is 13.0 Å². The van der Waals surface area contributed by atoms with Crippen LogP contribution in [0.5, 0.6) is 0 Å². The van der Waals surface area contributed by atoms with E-state index in [1.807, 2.05) is 19.2 Å². The Morgan fingerprint density at radius 3 is 2.89 bits per heavy atom. The third-order valence-corrected chi connectivity index (χ3v) is 0.823. The molecule has 0 radical (unpaired) electrons.